The molecule has 2 N–H and O–H groups in total. The molecule has 0 saturated carbocycles. The van der Waals surface area contributed by atoms with Gasteiger partial charge in [0.15, 0.2) is 11.9 Å². The molecular weight excluding hydrogens is 692 g/mol. The smallest absolute Gasteiger partial charge is 0.292 e. The number of Topliss-reactive ketones (excluding diaryl/α,β-unsaturated/α-hetero) is 1. The summed E-state index contributed by atoms with van der Waals surface area (Å²) in [6.45, 7) is 20.0. The van der Waals surface area contributed by atoms with Crippen LogP contribution in [-0.4, -0.2) is 51.0 Å². The number of halogens is 1. The van der Waals surface area contributed by atoms with Crippen molar-refractivity contribution >= 4 is 40.6 Å². The molecule has 4 rings (SSSR count). The van der Waals surface area contributed by atoms with Gasteiger partial charge in [-0.2, -0.15) is 0 Å². The van der Waals surface area contributed by atoms with Gasteiger partial charge in [-0.3, -0.25) is 14.4 Å². The second-order valence-corrected chi connectivity index (χ2v) is 16.1. The van der Waals surface area contributed by atoms with E-state index in [1.54, 1.807) is 76.4 Å². The van der Waals surface area contributed by atoms with Gasteiger partial charge < -0.3 is 20.1 Å². The minimum atomic E-state index is -2.39. The highest BCUT2D eigenvalue weighted by Gasteiger charge is 2.53. The zero-order valence-electron chi connectivity index (χ0n) is 32.8. The number of carbonyl (C=O) groups is 3. The average Bonchev–Trinajstić information content (AvgIpc) is 3.64. The van der Waals surface area contributed by atoms with Gasteiger partial charge in [-0.1, -0.05) is 99.0 Å². The van der Waals surface area contributed by atoms with Gasteiger partial charge in [-0.15, -0.1) is 15.0 Å². The number of methoxy groups -OCH3 is 1. The number of aromatic nitrogens is 4. The van der Waals surface area contributed by atoms with Gasteiger partial charge in [0, 0.05) is 27.9 Å². The van der Waals surface area contributed by atoms with E-state index in [4.69, 9.17) is 21.1 Å². The quantitative estimate of drug-likeness (QED) is 0.0912. The summed E-state index contributed by atoms with van der Waals surface area (Å²) >= 11 is 6.94. The Bertz CT molecular complexity index is 1930. The Morgan fingerprint density at radius 2 is 1.45 bits per heavy atom. The molecule has 12 heteroatoms. The van der Waals surface area contributed by atoms with Crippen LogP contribution in [0.4, 0.5) is 11.4 Å². The number of ketones is 1. The van der Waals surface area contributed by atoms with Crippen LogP contribution in [0, 0.1) is 5.41 Å². The third kappa shape index (κ3) is 9.07. The lowest BCUT2D eigenvalue weighted by Crippen LogP contribution is -2.52. The van der Waals surface area contributed by atoms with Crippen LogP contribution in [0.5, 0.6) is 11.5 Å². The first kappa shape index (κ1) is 41.0. The highest BCUT2D eigenvalue weighted by molar-refractivity contribution is 6.45. The second-order valence-electron chi connectivity index (χ2n) is 15.6. The molecule has 53 heavy (non-hydrogen) atoms. The number of nitrogens with zero attached hydrogens (tertiary/aromatic N) is 4. The van der Waals surface area contributed by atoms with Crippen molar-refractivity contribution in [2.45, 2.75) is 110 Å². The van der Waals surface area contributed by atoms with Crippen molar-refractivity contribution < 1.29 is 23.9 Å². The SMILES string of the molecule is CCC(Oc1ccc(C(C)(C)CC)cc1C(C)(C)CC)C(=O)Nc1cccc(NC(=O)C(Cl)(C(=O)C(C)(C)C)n2nnc(-c3ccc(OC)cc3)n2)c1. The molecule has 0 bridgehead atoms. The number of tetrazole rings is 1. The summed E-state index contributed by atoms with van der Waals surface area (Å²) in [5, 5.41) is 18.1. The van der Waals surface area contributed by atoms with Crippen molar-refractivity contribution in [3.63, 3.8) is 0 Å². The summed E-state index contributed by atoms with van der Waals surface area (Å²) in [5.74, 6) is -0.409. The summed E-state index contributed by atoms with van der Waals surface area (Å²) < 4.78 is 11.7. The zero-order valence-corrected chi connectivity index (χ0v) is 33.5. The lowest BCUT2D eigenvalue weighted by atomic mass is 9.76. The Labute approximate surface area is 318 Å². The molecule has 2 amide bonds. The lowest BCUT2D eigenvalue weighted by Gasteiger charge is -2.31. The summed E-state index contributed by atoms with van der Waals surface area (Å²) in [7, 11) is 1.56. The van der Waals surface area contributed by atoms with Gasteiger partial charge in [0.25, 0.3) is 16.8 Å². The van der Waals surface area contributed by atoms with E-state index in [0.29, 0.717) is 29.2 Å². The first-order chi connectivity index (χ1) is 24.8. The van der Waals surface area contributed by atoms with E-state index >= 15 is 0 Å². The number of anilines is 2. The maximum atomic E-state index is 14.0. The summed E-state index contributed by atoms with van der Waals surface area (Å²) in [4.78, 5) is 39.9. The Morgan fingerprint density at radius 3 is 2.02 bits per heavy atom. The molecule has 0 radical (unpaired) electrons. The van der Waals surface area contributed by atoms with Crippen LogP contribution in [0.2, 0.25) is 0 Å². The number of ether oxygens (including phenoxy) is 2. The van der Waals surface area contributed by atoms with Crippen molar-refractivity contribution in [1.82, 2.24) is 20.2 Å². The Kier molecular flexibility index (Phi) is 12.4. The molecule has 2 unspecified atom stereocenters. The maximum Gasteiger partial charge on any atom is 0.292 e. The largest absolute Gasteiger partial charge is 0.497 e. The minimum absolute atomic E-state index is 0.00574. The molecule has 0 aliphatic heterocycles. The number of rotatable bonds is 15. The minimum Gasteiger partial charge on any atom is -0.497 e. The van der Waals surface area contributed by atoms with E-state index < -0.39 is 28.2 Å². The number of alkyl halides is 1. The monoisotopic (exact) mass is 744 g/mol. The summed E-state index contributed by atoms with van der Waals surface area (Å²) in [5.41, 5.74) is 2.31. The standard InChI is InChI=1S/C41H53ClN6O5/c1-12-32(53-33-23-20-27(39(7,8)13-2)24-31(33)40(9,10)14-3)35(49)43-28-16-15-17-29(25-28)44-37(51)41(42,36(50)38(4,5)6)48-46-34(45-47-48)26-18-21-30(52-11)22-19-26/h15-25,32H,12-14H2,1-11H3,(H,43,49)(H,44,51). The van der Waals surface area contributed by atoms with E-state index in [-0.39, 0.29) is 28.2 Å². The van der Waals surface area contributed by atoms with Gasteiger partial charge in [0.2, 0.25) is 5.82 Å². The first-order valence-corrected chi connectivity index (χ1v) is 18.4. The van der Waals surface area contributed by atoms with E-state index in [0.717, 1.165) is 23.2 Å². The van der Waals surface area contributed by atoms with E-state index in [1.807, 2.05) is 13.0 Å². The summed E-state index contributed by atoms with van der Waals surface area (Å²) in [6.07, 6.45) is 1.51. The van der Waals surface area contributed by atoms with Crippen molar-refractivity contribution in [1.29, 1.82) is 0 Å². The summed E-state index contributed by atoms with van der Waals surface area (Å²) in [6, 6.07) is 19.8. The highest BCUT2D eigenvalue weighted by atomic mass is 35.5. The van der Waals surface area contributed by atoms with Crippen LogP contribution < -0.4 is 20.1 Å². The van der Waals surface area contributed by atoms with Crippen molar-refractivity contribution in [2.75, 3.05) is 17.7 Å². The van der Waals surface area contributed by atoms with Crippen LogP contribution in [-0.2, 0) is 30.2 Å². The molecule has 3 aromatic carbocycles. The topological polar surface area (TPSA) is 137 Å². The fourth-order valence-corrected chi connectivity index (χ4v) is 5.95. The number of hydrogen-bond donors (Lipinski definition) is 2. The second kappa shape index (κ2) is 16.1. The van der Waals surface area contributed by atoms with Gasteiger partial charge >= 0.3 is 0 Å². The third-order valence-corrected chi connectivity index (χ3v) is 10.4. The molecule has 2 atom stereocenters. The lowest BCUT2D eigenvalue weighted by molar-refractivity contribution is -0.139. The van der Waals surface area contributed by atoms with Gasteiger partial charge in [-0.05, 0) is 89.4 Å². The number of hydrogen-bond acceptors (Lipinski definition) is 8. The molecular formula is C41H53ClN6O5. The molecule has 1 heterocycles. The van der Waals surface area contributed by atoms with E-state index in [1.165, 1.54) is 5.56 Å². The third-order valence-electron chi connectivity index (χ3n) is 9.90. The first-order valence-electron chi connectivity index (χ1n) is 18.0. The van der Waals surface area contributed by atoms with Crippen LogP contribution in [0.1, 0.15) is 99.6 Å². The van der Waals surface area contributed by atoms with Crippen molar-refractivity contribution in [3.05, 3.63) is 77.9 Å². The van der Waals surface area contributed by atoms with Gasteiger partial charge in [0.05, 0.1) is 7.11 Å². The Morgan fingerprint density at radius 1 is 0.830 bits per heavy atom. The van der Waals surface area contributed by atoms with Crippen LogP contribution in [0.3, 0.4) is 0 Å². The van der Waals surface area contributed by atoms with Crippen LogP contribution in [0.15, 0.2) is 66.7 Å². The fourth-order valence-electron chi connectivity index (χ4n) is 5.55. The molecule has 1 aromatic heterocycles. The average molecular weight is 745 g/mol. The van der Waals surface area contributed by atoms with Crippen LogP contribution >= 0.6 is 11.6 Å². The molecule has 284 valence electrons. The van der Waals surface area contributed by atoms with Crippen LogP contribution in [0.25, 0.3) is 11.4 Å². The highest BCUT2D eigenvalue weighted by Crippen LogP contribution is 2.39. The molecule has 0 aliphatic carbocycles. The number of benzene rings is 3. The zero-order chi connectivity index (χ0) is 39.4. The normalized spacial score (nSPS) is 13.8. The van der Waals surface area contributed by atoms with Crippen molar-refractivity contribution in [2.24, 2.45) is 5.41 Å². The number of amides is 2. The molecule has 11 nitrogen and oxygen atoms in total. The fraction of sp³-hybridized carbons (Fsp3) is 0.463. The number of carbonyl (C=O) groups excluding carboxylic acids is 3. The Balaban J connectivity index is 1.58. The Hall–Kier alpha value is -4.77. The molecule has 0 saturated heterocycles. The van der Waals surface area contributed by atoms with Gasteiger partial charge in [-0.25, -0.2) is 0 Å². The molecule has 0 aliphatic rings. The molecule has 0 fully saturated rings. The number of nitrogens with one attached hydrogen (secondary N) is 2. The maximum absolute atomic E-state index is 14.0. The van der Waals surface area contributed by atoms with E-state index in [9.17, 15) is 14.4 Å². The predicted molar refractivity (Wildman–Crippen MR) is 210 cm³/mol. The predicted octanol–water partition coefficient (Wildman–Crippen LogP) is 8.67. The molecule has 0 spiro atoms. The van der Waals surface area contributed by atoms with Crippen molar-refractivity contribution in [3.8, 4) is 22.9 Å². The molecule has 4 aromatic rings. The van der Waals surface area contributed by atoms with E-state index in [2.05, 4.69) is 79.7 Å². The van der Waals surface area contributed by atoms with Gasteiger partial charge in [0.1, 0.15) is 11.5 Å².